The van der Waals surface area contributed by atoms with Crippen LogP contribution in [0.5, 0.6) is 11.5 Å². The molecule has 20 heavy (non-hydrogen) atoms. The summed E-state index contributed by atoms with van der Waals surface area (Å²) in [6.45, 7) is 2.80. The second-order valence-corrected chi connectivity index (χ2v) is 4.19. The Labute approximate surface area is 116 Å². The molecule has 0 amide bonds. The summed E-state index contributed by atoms with van der Waals surface area (Å²) in [5.41, 5.74) is 0.110. The van der Waals surface area contributed by atoms with Crippen molar-refractivity contribution in [3.8, 4) is 11.5 Å². The van der Waals surface area contributed by atoms with Crippen molar-refractivity contribution < 1.29 is 23.8 Å². The number of hydrogen-bond acceptors (Lipinski definition) is 4. The number of aromatic carboxylic acids is 1. The minimum atomic E-state index is -1.02. The topological polar surface area (TPSA) is 68.9 Å². The molecule has 106 valence electrons. The van der Waals surface area contributed by atoms with Gasteiger partial charge < -0.3 is 19.0 Å². The molecule has 0 atom stereocenters. The average molecular weight is 276 g/mol. The number of hydrogen-bond donors (Lipinski definition) is 1. The molecule has 0 aliphatic rings. The Morgan fingerprint density at radius 2 is 1.95 bits per heavy atom. The van der Waals surface area contributed by atoms with E-state index in [4.69, 9.17) is 19.0 Å². The number of para-hydroxylation sites is 2. The van der Waals surface area contributed by atoms with Crippen molar-refractivity contribution in [2.75, 3.05) is 6.61 Å². The van der Waals surface area contributed by atoms with Crippen LogP contribution in [0.3, 0.4) is 0 Å². The monoisotopic (exact) mass is 276 g/mol. The zero-order chi connectivity index (χ0) is 14.4. The second kappa shape index (κ2) is 6.65. The largest absolute Gasteiger partial charge is 0.490 e. The molecule has 2 aromatic rings. The Kier molecular flexibility index (Phi) is 4.65. The van der Waals surface area contributed by atoms with Crippen molar-refractivity contribution in [2.45, 2.75) is 20.0 Å². The lowest BCUT2D eigenvalue weighted by molar-refractivity contribution is 0.0696. The van der Waals surface area contributed by atoms with Crippen LogP contribution in [0.15, 0.2) is 41.0 Å². The summed E-state index contributed by atoms with van der Waals surface area (Å²) in [6.07, 6.45) is 2.11. The van der Waals surface area contributed by atoms with E-state index in [1.165, 1.54) is 12.3 Å². The zero-order valence-corrected chi connectivity index (χ0v) is 11.2. The van der Waals surface area contributed by atoms with E-state index in [9.17, 15) is 4.79 Å². The third-order valence-corrected chi connectivity index (χ3v) is 2.58. The SMILES string of the molecule is CCCOc1ccccc1OCc1cc(C(=O)O)co1. The van der Waals surface area contributed by atoms with Gasteiger partial charge in [-0.2, -0.15) is 0 Å². The first-order valence-electron chi connectivity index (χ1n) is 6.36. The number of carboxylic acids is 1. The van der Waals surface area contributed by atoms with Gasteiger partial charge in [-0.05, 0) is 24.6 Å². The summed E-state index contributed by atoms with van der Waals surface area (Å²) >= 11 is 0. The Balaban J connectivity index is 2.00. The molecule has 0 unspecified atom stereocenters. The molecule has 0 saturated heterocycles. The van der Waals surface area contributed by atoms with Crippen molar-refractivity contribution >= 4 is 5.97 Å². The van der Waals surface area contributed by atoms with Crippen LogP contribution in [0, 0.1) is 0 Å². The van der Waals surface area contributed by atoms with Gasteiger partial charge in [0.15, 0.2) is 11.5 Å². The summed E-state index contributed by atoms with van der Waals surface area (Å²) in [7, 11) is 0. The van der Waals surface area contributed by atoms with Crippen LogP contribution in [0.25, 0.3) is 0 Å². The lowest BCUT2D eigenvalue weighted by atomic mass is 10.3. The minimum absolute atomic E-state index is 0.110. The highest BCUT2D eigenvalue weighted by atomic mass is 16.5. The maximum Gasteiger partial charge on any atom is 0.338 e. The molecule has 0 spiro atoms. The number of carboxylic acid groups (broad SMARTS) is 1. The Morgan fingerprint density at radius 1 is 1.25 bits per heavy atom. The fourth-order valence-corrected chi connectivity index (χ4v) is 1.62. The highest BCUT2D eigenvalue weighted by Gasteiger charge is 2.10. The predicted octanol–water partition coefficient (Wildman–Crippen LogP) is 3.35. The van der Waals surface area contributed by atoms with E-state index in [0.29, 0.717) is 23.9 Å². The van der Waals surface area contributed by atoms with E-state index in [-0.39, 0.29) is 12.2 Å². The van der Waals surface area contributed by atoms with Gasteiger partial charge in [0.1, 0.15) is 18.6 Å². The number of benzene rings is 1. The van der Waals surface area contributed by atoms with Crippen molar-refractivity contribution in [3.63, 3.8) is 0 Å². The van der Waals surface area contributed by atoms with Crippen LogP contribution in [0.1, 0.15) is 29.5 Å². The summed E-state index contributed by atoms with van der Waals surface area (Å²) in [5, 5.41) is 8.80. The quantitative estimate of drug-likeness (QED) is 0.839. The third-order valence-electron chi connectivity index (χ3n) is 2.58. The molecule has 0 bridgehead atoms. The molecule has 5 nitrogen and oxygen atoms in total. The molecular formula is C15H16O5. The number of ether oxygens (including phenoxy) is 2. The van der Waals surface area contributed by atoms with Crippen molar-refractivity contribution in [2.24, 2.45) is 0 Å². The molecule has 5 heteroatoms. The van der Waals surface area contributed by atoms with E-state index < -0.39 is 5.97 Å². The highest BCUT2D eigenvalue weighted by molar-refractivity contribution is 5.87. The first-order chi connectivity index (χ1) is 9.70. The second-order valence-electron chi connectivity index (χ2n) is 4.19. The van der Waals surface area contributed by atoms with E-state index in [1.807, 2.05) is 25.1 Å². The van der Waals surface area contributed by atoms with Crippen LogP contribution in [-0.4, -0.2) is 17.7 Å². The maximum atomic E-state index is 10.7. The summed E-state index contributed by atoms with van der Waals surface area (Å²) < 4.78 is 16.3. The molecule has 0 fully saturated rings. The number of furan rings is 1. The van der Waals surface area contributed by atoms with Crippen LogP contribution in [0.4, 0.5) is 0 Å². The standard InChI is InChI=1S/C15H16O5/c1-2-7-18-13-5-3-4-6-14(13)20-10-12-8-11(9-19-12)15(16)17/h3-6,8-9H,2,7,10H2,1H3,(H,16,17). The van der Waals surface area contributed by atoms with Crippen molar-refractivity contribution in [1.82, 2.24) is 0 Å². The first kappa shape index (κ1) is 14.0. The Morgan fingerprint density at radius 3 is 2.55 bits per heavy atom. The van der Waals surface area contributed by atoms with Crippen LogP contribution in [0.2, 0.25) is 0 Å². The molecule has 1 N–H and O–H groups in total. The molecule has 0 aliphatic heterocycles. The zero-order valence-electron chi connectivity index (χ0n) is 11.2. The smallest absolute Gasteiger partial charge is 0.338 e. The van der Waals surface area contributed by atoms with Gasteiger partial charge in [0.2, 0.25) is 0 Å². The molecule has 2 rings (SSSR count). The van der Waals surface area contributed by atoms with Gasteiger partial charge in [-0.25, -0.2) is 4.79 Å². The molecule has 1 aromatic carbocycles. The van der Waals surface area contributed by atoms with Crippen LogP contribution < -0.4 is 9.47 Å². The van der Waals surface area contributed by atoms with E-state index >= 15 is 0 Å². The Bertz CT molecular complexity index is 573. The molecular weight excluding hydrogens is 260 g/mol. The highest BCUT2D eigenvalue weighted by Crippen LogP contribution is 2.27. The lowest BCUT2D eigenvalue weighted by Crippen LogP contribution is -2.00. The molecule has 0 aliphatic carbocycles. The van der Waals surface area contributed by atoms with Gasteiger partial charge in [-0.3, -0.25) is 0 Å². The van der Waals surface area contributed by atoms with Gasteiger partial charge in [0, 0.05) is 0 Å². The Hall–Kier alpha value is -2.43. The van der Waals surface area contributed by atoms with Gasteiger partial charge >= 0.3 is 5.97 Å². The lowest BCUT2D eigenvalue weighted by Gasteiger charge is -2.11. The fourth-order valence-electron chi connectivity index (χ4n) is 1.62. The summed E-state index contributed by atoms with van der Waals surface area (Å²) in [5.74, 6) is 0.702. The molecule has 1 aromatic heterocycles. The van der Waals surface area contributed by atoms with E-state index in [2.05, 4.69) is 0 Å². The van der Waals surface area contributed by atoms with Gasteiger partial charge in [-0.15, -0.1) is 0 Å². The first-order valence-corrected chi connectivity index (χ1v) is 6.36. The van der Waals surface area contributed by atoms with Crippen molar-refractivity contribution in [3.05, 3.63) is 47.9 Å². The number of rotatable bonds is 7. The molecule has 0 radical (unpaired) electrons. The number of carbonyl (C=O) groups is 1. The van der Waals surface area contributed by atoms with Gasteiger partial charge in [-0.1, -0.05) is 19.1 Å². The predicted molar refractivity (Wildman–Crippen MR) is 72.2 cm³/mol. The molecule has 0 saturated carbocycles. The maximum absolute atomic E-state index is 10.7. The van der Waals surface area contributed by atoms with Crippen molar-refractivity contribution in [1.29, 1.82) is 0 Å². The summed E-state index contributed by atoms with van der Waals surface area (Å²) in [4.78, 5) is 10.7. The average Bonchev–Trinajstić information content (AvgIpc) is 2.93. The van der Waals surface area contributed by atoms with E-state index in [0.717, 1.165) is 6.42 Å². The van der Waals surface area contributed by atoms with Gasteiger partial charge in [0.05, 0.1) is 12.2 Å². The van der Waals surface area contributed by atoms with Crippen LogP contribution in [-0.2, 0) is 6.61 Å². The molecule has 1 heterocycles. The third kappa shape index (κ3) is 3.54. The van der Waals surface area contributed by atoms with E-state index in [1.54, 1.807) is 6.07 Å². The fraction of sp³-hybridized carbons (Fsp3) is 0.267. The minimum Gasteiger partial charge on any atom is -0.490 e. The van der Waals surface area contributed by atoms with Crippen LogP contribution >= 0.6 is 0 Å². The van der Waals surface area contributed by atoms with Gasteiger partial charge in [0.25, 0.3) is 0 Å². The normalized spacial score (nSPS) is 10.2. The summed E-state index contributed by atoms with van der Waals surface area (Å²) in [6, 6.07) is 8.78.